The van der Waals surface area contributed by atoms with Gasteiger partial charge in [0, 0.05) is 45.0 Å². The van der Waals surface area contributed by atoms with E-state index in [0.29, 0.717) is 12.3 Å². The van der Waals surface area contributed by atoms with Gasteiger partial charge in [0.15, 0.2) is 4.34 Å². The van der Waals surface area contributed by atoms with Crippen molar-refractivity contribution in [1.82, 2.24) is 15.5 Å². The zero-order valence-electron chi connectivity index (χ0n) is 16.1. The monoisotopic (exact) mass is 437 g/mol. The Kier molecular flexibility index (Phi) is 6.83. The molecule has 1 atom stereocenters. The van der Waals surface area contributed by atoms with E-state index in [4.69, 9.17) is 4.74 Å². The second-order valence-electron chi connectivity index (χ2n) is 7.03. The van der Waals surface area contributed by atoms with Crippen molar-refractivity contribution in [2.45, 2.75) is 23.3 Å². The predicted molar refractivity (Wildman–Crippen MR) is 113 cm³/mol. The summed E-state index contributed by atoms with van der Waals surface area (Å²) in [6, 6.07) is 6.61. The average Bonchev–Trinajstić information content (AvgIpc) is 3.44. The highest BCUT2D eigenvalue weighted by molar-refractivity contribution is 8.01. The van der Waals surface area contributed by atoms with E-state index in [1.54, 1.807) is 0 Å². The fraction of sp³-hybridized carbons (Fsp3) is 0.526. The molecule has 10 heteroatoms. The van der Waals surface area contributed by atoms with Gasteiger partial charge in [-0.15, -0.1) is 10.2 Å². The summed E-state index contributed by atoms with van der Waals surface area (Å²) in [7, 11) is 0. The Morgan fingerprint density at radius 1 is 1.21 bits per heavy atom. The first-order chi connectivity index (χ1) is 14.2. The van der Waals surface area contributed by atoms with Crippen LogP contribution in [-0.4, -0.2) is 67.3 Å². The molecule has 4 rings (SSSR count). The number of benzene rings is 1. The number of anilines is 2. The van der Waals surface area contributed by atoms with Crippen molar-refractivity contribution in [1.29, 1.82) is 0 Å². The SMILES string of the molecule is O=C(CSc1nnc(N2CCN(c3ccc(F)cc3)CC2)s1)NC[C@H]1CCCO1. The third-order valence-electron chi connectivity index (χ3n) is 5.02. The lowest BCUT2D eigenvalue weighted by atomic mass is 10.2. The fourth-order valence-electron chi connectivity index (χ4n) is 3.41. The van der Waals surface area contributed by atoms with Crippen molar-refractivity contribution in [2.75, 3.05) is 54.9 Å². The molecule has 0 saturated carbocycles. The molecule has 0 bridgehead atoms. The van der Waals surface area contributed by atoms with Crippen LogP contribution in [0.5, 0.6) is 0 Å². The van der Waals surface area contributed by atoms with Crippen LogP contribution >= 0.6 is 23.1 Å². The molecule has 3 heterocycles. The Balaban J connectivity index is 1.21. The molecule has 0 aliphatic carbocycles. The number of ether oxygens (including phenoxy) is 1. The number of rotatable bonds is 7. The van der Waals surface area contributed by atoms with Crippen LogP contribution in [-0.2, 0) is 9.53 Å². The number of aromatic nitrogens is 2. The van der Waals surface area contributed by atoms with E-state index < -0.39 is 0 Å². The molecule has 29 heavy (non-hydrogen) atoms. The summed E-state index contributed by atoms with van der Waals surface area (Å²) in [5.41, 5.74) is 1.04. The van der Waals surface area contributed by atoms with Gasteiger partial charge in [-0.05, 0) is 37.1 Å². The lowest BCUT2D eigenvalue weighted by molar-refractivity contribution is -0.119. The summed E-state index contributed by atoms with van der Waals surface area (Å²) >= 11 is 2.93. The van der Waals surface area contributed by atoms with Gasteiger partial charge in [-0.1, -0.05) is 23.1 Å². The van der Waals surface area contributed by atoms with E-state index in [9.17, 15) is 9.18 Å². The number of nitrogens with zero attached hydrogens (tertiary/aromatic N) is 4. The van der Waals surface area contributed by atoms with E-state index in [0.717, 1.165) is 60.8 Å². The van der Waals surface area contributed by atoms with Gasteiger partial charge in [-0.25, -0.2) is 4.39 Å². The maximum atomic E-state index is 13.1. The first-order valence-corrected chi connectivity index (χ1v) is 11.6. The third-order valence-corrected chi connectivity index (χ3v) is 7.13. The number of nitrogens with one attached hydrogen (secondary N) is 1. The summed E-state index contributed by atoms with van der Waals surface area (Å²) < 4.78 is 19.4. The standard InChI is InChI=1S/C19H24FN5O2S2/c20-14-3-5-15(6-4-14)24-7-9-25(10-8-24)18-22-23-19(29-18)28-13-17(26)21-12-16-2-1-11-27-16/h3-6,16H,1-2,7-13H2,(H,21,26)/t16-/m1/s1. The zero-order valence-corrected chi connectivity index (χ0v) is 17.7. The van der Waals surface area contributed by atoms with Crippen LogP contribution in [0.1, 0.15) is 12.8 Å². The van der Waals surface area contributed by atoms with Crippen molar-refractivity contribution in [3.8, 4) is 0 Å². The molecule has 2 saturated heterocycles. The Labute approximate surface area is 177 Å². The summed E-state index contributed by atoms with van der Waals surface area (Å²) in [5, 5.41) is 12.3. The molecule has 1 aromatic heterocycles. The van der Waals surface area contributed by atoms with Crippen molar-refractivity contribution in [3.63, 3.8) is 0 Å². The molecule has 7 nitrogen and oxygen atoms in total. The van der Waals surface area contributed by atoms with Crippen LogP contribution in [0, 0.1) is 5.82 Å². The number of hydrogen-bond acceptors (Lipinski definition) is 8. The number of piperazine rings is 1. The summed E-state index contributed by atoms with van der Waals surface area (Å²) in [4.78, 5) is 16.5. The number of hydrogen-bond donors (Lipinski definition) is 1. The second-order valence-corrected chi connectivity index (χ2v) is 9.21. The van der Waals surface area contributed by atoms with Gasteiger partial charge in [-0.2, -0.15) is 0 Å². The largest absolute Gasteiger partial charge is 0.376 e. The third kappa shape index (κ3) is 5.58. The molecule has 0 unspecified atom stereocenters. The maximum Gasteiger partial charge on any atom is 0.230 e. The minimum atomic E-state index is -0.216. The van der Waals surface area contributed by atoms with Gasteiger partial charge in [0.05, 0.1) is 11.9 Å². The Bertz CT molecular complexity index is 805. The number of thioether (sulfide) groups is 1. The normalized spacial score (nSPS) is 19.6. The molecule has 1 aromatic carbocycles. The number of carbonyl (C=O) groups is 1. The lowest BCUT2D eigenvalue weighted by Gasteiger charge is -2.35. The molecule has 1 N–H and O–H groups in total. The first kappa shape index (κ1) is 20.4. The Hall–Kier alpha value is -1.91. The lowest BCUT2D eigenvalue weighted by Crippen LogP contribution is -2.46. The molecule has 2 aliphatic heterocycles. The highest BCUT2D eigenvalue weighted by Gasteiger charge is 2.21. The van der Waals surface area contributed by atoms with Crippen molar-refractivity contribution >= 4 is 39.8 Å². The van der Waals surface area contributed by atoms with Gasteiger partial charge in [0.25, 0.3) is 0 Å². The van der Waals surface area contributed by atoms with Crippen molar-refractivity contribution in [2.24, 2.45) is 0 Å². The minimum absolute atomic E-state index is 0.00448. The molecular weight excluding hydrogens is 413 g/mol. The van der Waals surface area contributed by atoms with Gasteiger partial charge in [0.1, 0.15) is 5.82 Å². The van der Waals surface area contributed by atoms with Gasteiger partial charge in [-0.3, -0.25) is 4.79 Å². The summed E-state index contributed by atoms with van der Waals surface area (Å²) in [6.45, 7) is 4.73. The number of carbonyl (C=O) groups excluding carboxylic acids is 1. The summed E-state index contributed by atoms with van der Waals surface area (Å²) in [6.07, 6.45) is 2.24. The quantitative estimate of drug-likeness (QED) is 0.667. The predicted octanol–water partition coefficient (Wildman–Crippen LogP) is 2.39. The van der Waals surface area contributed by atoms with E-state index in [-0.39, 0.29) is 17.8 Å². The van der Waals surface area contributed by atoms with Crippen molar-refractivity contribution in [3.05, 3.63) is 30.1 Å². The molecule has 1 amide bonds. The van der Waals surface area contributed by atoms with Gasteiger partial charge in [0.2, 0.25) is 11.0 Å². The topological polar surface area (TPSA) is 70.6 Å². The van der Waals surface area contributed by atoms with Crippen LogP contribution in [0.25, 0.3) is 0 Å². The molecule has 2 fully saturated rings. The first-order valence-electron chi connectivity index (χ1n) is 9.77. The van der Waals surface area contributed by atoms with Gasteiger partial charge < -0.3 is 19.9 Å². The van der Waals surface area contributed by atoms with Crippen LogP contribution in [0.2, 0.25) is 0 Å². The minimum Gasteiger partial charge on any atom is -0.376 e. The Morgan fingerprint density at radius 3 is 2.69 bits per heavy atom. The Morgan fingerprint density at radius 2 is 1.97 bits per heavy atom. The van der Waals surface area contributed by atoms with Crippen molar-refractivity contribution < 1.29 is 13.9 Å². The molecular formula is C19H24FN5O2S2. The van der Waals surface area contributed by atoms with Crippen LogP contribution in [0.15, 0.2) is 28.6 Å². The van der Waals surface area contributed by atoms with Gasteiger partial charge >= 0.3 is 0 Å². The van der Waals surface area contributed by atoms with E-state index in [1.165, 1.54) is 35.2 Å². The van der Waals surface area contributed by atoms with Crippen LogP contribution in [0.3, 0.4) is 0 Å². The molecule has 2 aromatic rings. The highest BCUT2D eigenvalue weighted by Crippen LogP contribution is 2.29. The number of amides is 1. The second kappa shape index (κ2) is 9.73. The average molecular weight is 438 g/mol. The van der Waals surface area contributed by atoms with E-state index >= 15 is 0 Å². The summed E-state index contributed by atoms with van der Waals surface area (Å²) in [5.74, 6) is 0.113. The van der Waals surface area contributed by atoms with Crippen LogP contribution in [0.4, 0.5) is 15.2 Å². The fourth-order valence-corrected chi connectivity index (χ4v) is 5.13. The van der Waals surface area contributed by atoms with Crippen LogP contribution < -0.4 is 15.1 Å². The van der Waals surface area contributed by atoms with E-state index in [1.807, 2.05) is 12.1 Å². The maximum absolute atomic E-state index is 13.1. The van der Waals surface area contributed by atoms with E-state index in [2.05, 4.69) is 25.3 Å². The number of halogens is 1. The smallest absolute Gasteiger partial charge is 0.230 e. The molecule has 0 radical (unpaired) electrons. The zero-order chi connectivity index (χ0) is 20.1. The molecule has 0 spiro atoms. The highest BCUT2D eigenvalue weighted by atomic mass is 32.2. The molecule has 2 aliphatic rings. The molecule has 156 valence electrons.